The number of rotatable bonds is 6. The molecule has 0 aromatic heterocycles. The maximum absolute atomic E-state index is 12.2. The number of nitrogens with zero attached hydrogens (tertiary/aromatic N) is 1. The fraction of sp³-hybridized carbons (Fsp3) is 0.538. The molecule has 1 aromatic rings. The highest BCUT2D eigenvalue weighted by molar-refractivity contribution is 7.89. The van der Waals surface area contributed by atoms with Crippen molar-refractivity contribution in [2.24, 2.45) is 0 Å². The summed E-state index contributed by atoms with van der Waals surface area (Å²) in [7, 11) is -3.80. The highest BCUT2D eigenvalue weighted by Crippen LogP contribution is 2.29. The number of benzene rings is 1. The molecule has 22 heavy (non-hydrogen) atoms. The average molecular weight is 349 g/mol. The highest BCUT2D eigenvalue weighted by Gasteiger charge is 2.23. The molecule has 9 heteroatoms. The smallest absolute Gasteiger partial charge is 0.275 e. The van der Waals surface area contributed by atoms with E-state index in [1.807, 2.05) is 0 Å². The fourth-order valence-electron chi connectivity index (χ4n) is 2.56. The Bertz CT molecular complexity index is 672. The molecule has 1 saturated heterocycles. The van der Waals surface area contributed by atoms with Gasteiger partial charge in [-0.3, -0.25) is 10.1 Å². The molecule has 0 bridgehead atoms. The molecule has 0 saturated carbocycles. The second kappa shape index (κ2) is 6.91. The predicted octanol–water partition coefficient (Wildman–Crippen LogP) is 0.514. The van der Waals surface area contributed by atoms with Crippen molar-refractivity contribution in [3.63, 3.8) is 0 Å². The van der Waals surface area contributed by atoms with Crippen LogP contribution in [0.2, 0.25) is 5.02 Å². The van der Waals surface area contributed by atoms with Crippen molar-refractivity contribution in [2.45, 2.75) is 24.7 Å². The van der Waals surface area contributed by atoms with Gasteiger partial charge in [0.25, 0.3) is 5.69 Å². The molecule has 2 rings (SSSR count). The van der Waals surface area contributed by atoms with E-state index in [1.54, 1.807) is 0 Å². The number of halogens is 1. The number of likely N-dealkylation sites (tertiary alicyclic amines) is 1. The van der Waals surface area contributed by atoms with Gasteiger partial charge in [0.05, 0.1) is 41.0 Å². The van der Waals surface area contributed by atoms with Crippen molar-refractivity contribution in [1.29, 1.82) is 0 Å². The van der Waals surface area contributed by atoms with E-state index in [4.69, 9.17) is 11.6 Å². The van der Waals surface area contributed by atoms with E-state index in [0.29, 0.717) is 13.1 Å². The van der Waals surface area contributed by atoms with Crippen LogP contribution in [0.5, 0.6) is 0 Å². The molecule has 0 amide bonds. The van der Waals surface area contributed by atoms with Gasteiger partial charge in [-0.2, -0.15) is 0 Å². The second-order valence-electron chi connectivity index (χ2n) is 5.41. The minimum Gasteiger partial charge on any atom is -0.334 e. The minimum atomic E-state index is -3.80. The van der Waals surface area contributed by atoms with Crippen LogP contribution in [0, 0.1) is 17.0 Å². The van der Waals surface area contributed by atoms with Crippen molar-refractivity contribution in [1.82, 2.24) is 4.72 Å². The molecule has 1 aromatic carbocycles. The number of nitro groups is 1. The summed E-state index contributed by atoms with van der Waals surface area (Å²) in [6, 6.07) is 2.29. The van der Waals surface area contributed by atoms with Gasteiger partial charge in [-0.1, -0.05) is 11.6 Å². The number of hydrogen-bond acceptors (Lipinski definition) is 4. The molecule has 2 N–H and O–H groups in total. The number of quaternary nitrogens is 1. The lowest BCUT2D eigenvalue weighted by Crippen LogP contribution is -3.10. The van der Waals surface area contributed by atoms with Crippen LogP contribution in [-0.4, -0.2) is 39.5 Å². The zero-order valence-electron chi connectivity index (χ0n) is 12.3. The van der Waals surface area contributed by atoms with Crippen molar-refractivity contribution >= 4 is 27.3 Å². The molecule has 0 aliphatic carbocycles. The first-order chi connectivity index (χ1) is 10.3. The quantitative estimate of drug-likeness (QED) is 0.578. The third-order valence-electron chi connectivity index (χ3n) is 3.88. The summed E-state index contributed by atoms with van der Waals surface area (Å²) >= 11 is 5.91. The van der Waals surface area contributed by atoms with Crippen LogP contribution in [0.1, 0.15) is 18.4 Å². The van der Waals surface area contributed by atoms with Crippen LogP contribution < -0.4 is 9.62 Å². The van der Waals surface area contributed by atoms with Gasteiger partial charge in [0, 0.05) is 24.5 Å². The Morgan fingerprint density at radius 3 is 2.59 bits per heavy atom. The zero-order valence-corrected chi connectivity index (χ0v) is 13.8. The van der Waals surface area contributed by atoms with E-state index in [9.17, 15) is 18.5 Å². The molecule has 122 valence electrons. The maximum atomic E-state index is 12.2. The Morgan fingerprint density at radius 2 is 2.00 bits per heavy atom. The minimum absolute atomic E-state index is 0.0692. The summed E-state index contributed by atoms with van der Waals surface area (Å²) in [6.45, 7) is 4.62. The van der Waals surface area contributed by atoms with Crippen LogP contribution in [0.4, 0.5) is 5.69 Å². The van der Waals surface area contributed by atoms with E-state index >= 15 is 0 Å². The lowest BCUT2D eigenvalue weighted by molar-refractivity contribution is -0.886. The van der Waals surface area contributed by atoms with Crippen molar-refractivity contribution in [3.05, 3.63) is 32.8 Å². The summed E-state index contributed by atoms with van der Waals surface area (Å²) in [4.78, 5) is 11.5. The van der Waals surface area contributed by atoms with Gasteiger partial charge in [0.2, 0.25) is 10.0 Å². The van der Waals surface area contributed by atoms with Gasteiger partial charge < -0.3 is 4.90 Å². The van der Waals surface area contributed by atoms with Gasteiger partial charge in [0.1, 0.15) is 0 Å². The predicted molar refractivity (Wildman–Crippen MR) is 82.8 cm³/mol. The van der Waals surface area contributed by atoms with Gasteiger partial charge in [0.15, 0.2) is 0 Å². The van der Waals surface area contributed by atoms with Gasteiger partial charge in [-0.15, -0.1) is 0 Å². The molecule has 0 atom stereocenters. The van der Waals surface area contributed by atoms with E-state index in [-0.39, 0.29) is 21.2 Å². The Balaban J connectivity index is 2.12. The van der Waals surface area contributed by atoms with Crippen LogP contribution in [0.15, 0.2) is 17.0 Å². The maximum Gasteiger partial charge on any atom is 0.275 e. The van der Waals surface area contributed by atoms with Crippen LogP contribution in [-0.2, 0) is 10.0 Å². The first-order valence-corrected chi connectivity index (χ1v) is 8.95. The molecule has 1 aliphatic rings. The van der Waals surface area contributed by atoms with E-state index < -0.39 is 14.9 Å². The molecular formula is C13H19ClN3O4S+. The van der Waals surface area contributed by atoms with Crippen LogP contribution in [0.25, 0.3) is 0 Å². The summed E-state index contributed by atoms with van der Waals surface area (Å²) in [5.41, 5.74) is -0.0369. The topological polar surface area (TPSA) is 93.8 Å². The molecule has 7 nitrogen and oxygen atoms in total. The number of sulfonamides is 1. The van der Waals surface area contributed by atoms with Crippen LogP contribution in [0.3, 0.4) is 0 Å². The summed E-state index contributed by atoms with van der Waals surface area (Å²) < 4.78 is 27.0. The third-order valence-corrected chi connectivity index (χ3v) is 5.71. The van der Waals surface area contributed by atoms with Gasteiger partial charge in [-0.25, -0.2) is 13.1 Å². The normalized spacial score (nSPS) is 16.1. The monoisotopic (exact) mass is 348 g/mol. The fourth-order valence-corrected chi connectivity index (χ4v) is 3.91. The lowest BCUT2D eigenvalue weighted by Gasteiger charge is -2.13. The Morgan fingerprint density at radius 1 is 1.36 bits per heavy atom. The molecule has 1 aliphatic heterocycles. The average Bonchev–Trinajstić information content (AvgIpc) is 2.94. The summed E-state index contributed by atoms with van der Waals surface area (Å²) in [5, 5.41) is 11.0. The molecule has 0 unspecified atom stereocenters. The zero-order chi connectivity index (χ0) is 16.3. The standard InChI is InChI=1S/C13H18ClN3O4S/c1-10-12(14)8-11(9-13(10)17(18)19)22(20,21)15-4-7-16-5-2-3-6-16/h8-9,15H,2-7H2,1H3/p+1. The summed E-state index contributed by atoms with van der Waals surface area (Å²) in [6.07, 6.45) is 2.34. The molecule has 0 spiro atoms. The Labute approximate surface area is 134 Å². The third kappa shape index (κ3) is 3.95. The van der Waals surface area contributed by atoms with Crippen molar-refractivity contribution < 1.29 is 18.2 Å². The van der Waals surface area contributed by atoms with E-state index in [1.165, 1.54) is 30.7 Å². The van der Waals surface area contributed by atoms with Crippen LogP contribution >= 0.6 is 11.6 Å². The van der Waals surface area contributed by atoms with Gasteiger partial charge >= 0.3 is 0 Å². The summed E-state index contributed by atoms with van der Waals surface area (Å²) in [5.74, 6) is 0. The molecule has 1 heterocycles. The number of nitro benzene ring substituents is 1. The Hall–Kier alpha value is -1.22. The molecule has 0 radical (unpaired) electrons. The molecular weight excluding hydrogens is 330 g/mol. The first-order valence-electron chi connectivity index (χ1n) is 7.09. The largest absolute Gasteiger partial charge is 0.334 e. The van der Waals surface area contributed by atoms with Crippen molar-refractivity contribution in [3.8, 4) is 0 Å². The highest BCUT2D eigenvalue weighted by atomic mass is 35.5. The number of hydrogen-bond donors (Lipinski definition) is 2. The first kappa shape index (κ1) is 17.1. The van der Waals surface area contributed by atoms with E-state index in [0.717, 1.165) is 19.2 Å². The Kier molecular flexibility index (Phi) is 5.38. The lowest BCUT2D eigenvalue weighted by atomic mass is 10.2. The van der Waals surface area contributed by atoms with E-state index in [2.05, 4.69) is 4.72 Å². The van der Waals surface area contributed by atoms with Gasteiger partial charge in [-0.05, 0) is 13.0 Å². The second-order valence-corrected chi connectivity index (χ2v) is 7.59. The number of nitrogens with one attached hydrogen (secondary N) is 2. The SMILES string of the molecule is Cc1c(Cl)cc(S(=O)(=O)NCC[NH+]2CCCC2)cc1[N+](=O)[O-]. The van der Waals surface area contributed by atoms with Crippen molar-refractivity contribution in [2.75, 3.05) is 26.2 Å². The molecule has 1 fully saturated rings.